The molecule has 0 N–H and O–H groups in total. The van der Waals surface area contributed by atoms with E-state index < -0.39 is 0 Å². The first-order valence-electron chi connectivity index (χ1n) is 1.79. The maximum Gasteiger partial charge on any atom is 0 e. The van der Waals surface area contributed by atoms with Gasteiger partial charge in [-0.1, -0.05) is 0 Å². The molecule has 0 radical (unpaired) electrons. The van der Waals surface area contributed by atoms with E-state index in [2.05, 4.69) is 10.6 Å². The third kappa shape index (κ3) is 121. The molecule has 0 aliphatic rings. The summed E-state index contributed by atoms with van der Waals surface area (Å²) in [5.41, 5.74) is 0. The SMILES string of the molecule is C[N-]C.C[N-]C.[Zr].[Zr]. The topological polar surface area (TPSA) is 28.2 Å². The van der Waals surface area contributed by atoms with Gasteiger partial charge in [-0.25, -0.2) is 0 Å². The Labute approximate surface area is 90.4 Å². The Balaban J connectivity index is -0.0000000160. The van der Waals surface area contributed by atoms with Crippen molar-refractivity contribution in [2.45, 2.75) is 0 Å². The van der Waals surface area contributed by atoms with E-state index in [1.165, 1.54) is 0 Å². The molecular weight excluding hydrogens is 259 g/mol. The van der Waals surface area contributed by atoms with Gasteiger partial charge >= 0.3 is 0 Å². The Morgan fingerprint density at radius 3 is 0.625 bits per heavy atom. The predicted molar refractivity (Wildman–Crippen MR) is 30.4 cm³/mol. The van der Waals surface area contributed by atoms with Crippen molar-refractivity contribution in [2.75, 3.05) is 28.2 Å². The predicted octanol–water partition coefficient (Wildman–Crippen LogP) is 1.23. The Bertz CT molecular complexity index is 14.0. The molecule has 0 saturated carbocycles. The van der Waals surface area contributed by atoms with E-state index in [1.807, 2.05) is 0 Å². The zero-order valence-corrected chi connectivity index (χ0v) is 10.8. The Morgan fingerprint density at radius 1 is 0.625 bits per heavy atom. The second kappa shape index (κ2) is 37.8. The van der Waals surface area contributed by atoms with Crippen molar-refractivity contribution in [1.29, 1.82) is 0 Å². The monoisotopic (exact) mass is 268 g/mol. The molecule has 0 aliphatic carbocycles. The summed E-state index contributed by atoms with van der Waals surface area (Å²) in [7, 11) is 7.00. The van der Waals surface area contributed by atoms with E-state index in [0.717, 1.165) is 0 Å². The Morgan fingerprint density at radius 2 is 0.625 bits per heavy atom. The fourth-order valence-corrected chi connectivity index (χ4v) is 0. The van der Waals surface area contributed by atoms with Crippen LogP contribution in [0.15, 0.2) is 0 Å². The van der Waals surface area contributed by atoms with E-state index in [9.17, 15) is 0 Å². The normalized spacial score (nSPS) is 4.50. The number of hydrogen-bond donors (Lipinski definition) is 0. The molecule has 0 aromatic rings. The Hall–Kier alpha value is 1.69. The summed E-state index contributed by atoms with van der Waals surface area (Å²) in [6, 6.07) is 0. The van der Waals surface area contributed by atoms with Gasteiger partial charge in [-0.3, -0.25) is 0 Å². The number of rotatable bonds is 0. The summed E-state index contributed by atoms with van der Waals surface area (Å²) < 4.78 is 0. The van der Waals surface area contributed by atoms with Crippen LogP contribution in [0, 0.1) is 0 Å². The van der Waals surface area contributed by atoms with Gasteiger partial charge in [0.15, 0.2) is 0 Å². The molecule has 0 aromatic carbocycles. The molecule has 4 heteroatoms. The van der Waals surface area contributed by atoms with Gasteiger partial charge in [0, 0.05) is 52.4 Å². The van der Waals surface area contributed by atoms with Crippen LogP contribution in [0.2, 0.25) is 0 Å². The first kappa shape index (κ1) is 22.6. The molecule has 0 unspecified atom stereocenters. The summed E-state index contributed by atoms with van der Waals surface area (Å²) in [6.45, 7) is 0. The molecule has 0 fully saturated rings. The summed E-state index contributed by atoms with van der Waals surface area (Å²) >= 11 is 0. The molecule has 2 nitrogen and oxygen atoms in total. The molecule has 0 saturated heterocycles. The third-order valence-electron chi connectivity index (χ3n) is 0. The minimum atomic E-state index is 0. The van der Waals surface area contributed by atoms with Gasteiger partial charge in [-0.2, -0.15) is 28.2 Å². The zero-order valence-electron chi connectivity index (χ0n) is 5.89. The van der Waals surface area contributed by atoms with Crippen molar-refractivity contribution in [3.05, 3.63) is 10.6 Å². The van der Waals surface area contributed by atoms with Crippen LogP contribution in [-0.2, 0) is 52.4 Å². The molecule has 0 heterocycles. The van der Waals surface area contributed by atoms with Crippen LogP contribution >= 0.6 is 0 Å². The second-order valence-electron chi connectivity index (χ2n) is 0.894. The second-order valence-corrected chi connectivity index (χ2v) is 0.894. The van der Waals surface area contributed by atoms with Crippen LogP contribution in [0.5, 0.6) is 0 Å². The van der Waals surface area contributed by atoms with E-state index >= 15 is 0 Å². The van der Waals surface area contributed by atoms with Gasteiger partial charge in [-0.15, -0.1) is 0 Å². The van der Waals surface area contributed by atoms with E-state index in [0.29, 0.717) is 0 Å². The molecule has 8 heavy (non-hydrogen) atoms. The van der Waals surface area contributed by atoms with Crippen molar-refractivity contribution >= 4 is 0 Å². The largest absolute Gasteiger partial charge is 0.668 e. The average Bonchev–Trinajstić information content (AvgIpc) is 1.39. The third-order valence-corrected chi connectivity index (χ3v) is 0. The fraction of sp³-hybridized carbons (Fsp3) is 1.00. The fourth-order valence-electron chi connectivity index (χ4n) is 0. The van der Waals surface area contributed by atoms with Gasteiger partial charge in [-0.05, 0) is 0 Å². The van der Waals surface area contributed by atoms with Gasteiger partial charge in [0.1, 0.15) is 0 Å². The van der Waals surface area contributed by atoms with Crippen molar-refractivity contribution in [3.8, 4) is 0 Å². The zero-order chi connectivity index (χ0) is 5.41. The minimum Gasteiger partial charge on any atom is -0.668 e. The molecule has 0 atom stereocenters. The van der Waals surface area contributed by atoms with E-state index in [-0.39, 0.29) is 52.4 Å². The molecule has 0 rings (SSSR count). The van der Waals surface area contributed by atoms with Gasteiger partial charge in [0.2, 0.25) is 0 Å². The summed E-state index contributed by atoms with van der Waals surface area (Å²) in [4.78, 5) is 0. The molecule has 48 valence electrons. The van der Waals surface area contributed by atoms with Crippen molar-refractivity contribution in [3.63, 3.8) is 0 Å². The molecule has 0 aliphatic heterocycles. The van der Waals surface area contributed by atoms with Crippen LogP contribution < -0.4 is 0 Å². The smallest absolute Gasteiger partial charge is 0 e. The maximum atomic E-state index is 3.50. The van der Waals surface area contributed by atoms with Crippen LogP contribution in [0.25, 0.3) is 10.6 Å². The van der Waals surface area contributed by atoms with E-state index in [1.54, 1.807) is 28.2 Å². The van der Waals surface area contributed by atoms with Crippen molar-refractivity contribution in [1.82, 2.24) is 0 Å². The number of nitrogens with zero attached hydrogens (tertiary/aromatic N) is 2. The minimum absolute atomic E-state index is 0. The molecule has 0 bridgehead atoms. The van der Waals surface area contributed by atoms with Crippen LogP contribution in [0.4, 0.5) is 0 Å². The van der Waals surface area contributed by atoms with Crippen molar-refractivity contribution in [2.24, 2.45) is 0 Å². The molecule has 0 amide bonds. The van der Waals surface area contributed by atoms with E-state index in [4.69, 9.17) is 0 Å². The quantitative estimate of drug-likeness (QED) is 0.634. The van der Waals surface area contributed by atoms with Crippen LogP contribution in [0.3, 0.4) is 0 Å². The van der Waals surface area contributed by atoms with Crippen LogP contribution in [-0.4, -0.2) is 28.2 Å². The molecular formula is C4H12N2Zr2-2. The van der Waals surface area contributed by atoms with Gasteiger partial charge < -0.3 is 10.6 Å². The van der Waals surface area contributed by atoms with Crippen molar-refractivity contribution < 1.29 is 52.4 Å². The molecule has 0 spiro atoms. The Kier molecular flexibility index (Phi) is 107. The van der Waals surface area contributed by atoms with Gasteiger partial charge in [0.05, 0.1) is 0 Å². The maximum absolute atomic E-state index is 3.50. The number of hydrogen-bond acceptors (Lipinski definition) is 0. The van der Waals surface area contributed by atoms with Gasteiger partial charge in [0.25, 0.3) is 0 Å². The summed E-state index contributed by atoms with van der Waals surface area (Å²) in [6.07, 6.45) is 0. The first-order chi connectivity index (χ1) is 2.83. The van der Waals surface area contributed by atoms with Crippen LogP contribution in [0.1, 0.15) is 0 Å². The average molecular weight is 271 g/mol. The summed E-state index contributed by atoms with van der Waals surface area (Å²) in [5, 5.41) is 7.00. The molecule has 0 aromatic heterocycles. The first-order valence-corrected chi connectivity index (χ1v) is 1.79. The summed E-state index contributed by atoms with van der Waals surface area (Å²) in [5.74, 6) is 0. The standard InChI is InChI=1S/2C2H6N.2Zr/c2*1-3-2;;/h2*1-2H3;;/q2*-1;;.